The van der Waals surface area contributed by atoms with Crippen LogP contribution in [0.3, 0.4) is 0 Å². The zero-order chi connectivity index (χ0) is 31.1. The van der Waals surface area contributed by atoms with Gasteiger partial charge >= 0.3 is 5.97 Å². The minimum absolute atomic E-state index is 0.204. The predicted molar refractivity (Wildman–Crippen MR) is 173 cm³/mol. The van der Waals surface area contributed by atoms with E-state index in [0.29, 0.717) is 5.75 Å². The summed E-state index contributed by atoms with van der Waals surface area (Å²) in [4.78, 5) is 33.6. The number of aliphatic imine (C=N–C) groups is 1. The molecule has 2 aliphatic rings. The number of carbonyl (C=O) groups excluding carboxylic acids is 2. The lowest BCUT2D eigenvalue weighted by Crippen LogP contribution is -2.68. The molecule has 0 saturated carbocycles. The predicted octanol–water partition coefficient (Wildman–Crippen LogP) is 7.30. The van der Waals surface area contributed by atoms with Gasteiger partial charge < -0.3 is 14.7 Å². The van der Waals surface area contributed by atoms with E-state index in [1.54, 1.807) is 11.1 Å². The smallest absolute Gasteiger partial charge is 0.334 e. The van der Waals surface area contributed by atoms with Crippen molar-refractivity contribution >= 4 is 29.9 Å². The van der Waals surface area contributed by atoms with Crippen LogP contribution in [0, 0.1) is 0 Å². The summed E-state index contributed by atoms with van der Waals surface area (Å²) in [6.07, 6.45) is 1.13. The highest BCUT2D eigenvalue weighted by Gasteiger charge is 2.55. The topological polar surface area (TPSA) is 79.2 Å². The molecule has 1 unspecified atom stereocenters. The maximum atomic E-state index is 13.8. The minimum atomic E-state index is -0.811. The molecule has 0 spiro atoms. The van der Waals surface area contributed by atoms with Crippen LogP contribution in [0.4, 0.5) is 0 Å². The molecule has 3 aromatic rings. The summed E-state index contributed by atoms with van der Waals surface area (Å²) in [7, 11) is 0. The van der Waals surface area contributed by atoms with E-state index in [9.17, 15) is 14.7 Å². The number of ether oxygens (including phenoxy) is 1. The molecule has 224 valence electrons. The van der Waals surface area contributed by atoms with Gasteiger partial charge in [0.25, 0.3) is 5.91 Å². The summed E-state index contributed by atoms with van der Waals surface area (Å²) in [6.45, 7) is 14.2. The fraction of sp³-hybridized carbons (Fsp3) is 0.361. The number of thioether (sulfide) groups is 1. The molecule has 6 nitrogen and oxygen atoms in total. The fourth-order valence-corrected chi connectivity index (χ4v) is 6.76. The van der Waals surface area contributed by atoms with Crippen LogP contribution in [0.5, 0.6) is 5.75 Å². The molecule has 3 aromatic carbocycles. The second kappa shape index (κ2) is 11.7. The van der Waals surface area contributed by atoms with Crippen LogP contribution in [0.1, 0.15) is 82.4 Å². The molecule has 0 aliphatic carbocycles. The summed E-state index contributed by atoms with van der Waals surface area (Å²) >= 11 is 1.50. The molecule has 5 rings (SSSR count). The van der Waals surface area contributed by atoms with Gasteiger partial charge in [0.05, 0.1) is 0 Å². The van der Waals surface area contributed by atoms with Crippen molar-refractivity contribution < 1.29 is 19.4 Å². The van der Waals surface area contributed by atoms with E-state index in [1.165, 1.54) is 11.8 Å². The first-order valence-corrected chi connectivity index (χ1v) is 15.6. The van der Waals surface area contributed by atoms with Gasteiger partial charge in [-0.25, -0.2) is 4.79 Å². The van der Waals surface area contributed by atoms with Crippen molar-refractivity contribution in [3.05, 3.63) is 112 Å². The average Bonchev–Trinajstić information content (AvgIpc) is 2.96. The van der Waals surface area contributed by atoms with Gasteiger partial charge in [0, 0.05) is 17.3 Å². The number of carbonyl (C=O) groups is 2. The van der Waals surface area contributed by atoms with Gasteiger partial charge in [0.15, 0.2) is 18.2 Å². The van der Waals surface area contributed by atoms with Gasteiger partial charge in [0.1, 0.15) is 11.1 Å². The zero-order valence-electron chi connectivity index (χ0n) is 25.9. The maximum absolute atomic E-state index is 13.8. The number of rotatable bonds is 6. The number of hydrogen-bond acceptors (Lipinski definition) is 6. The molecule has 2 heterocycles. The number of fused-ring (bicyclic) bond motifs is 1. The molecule has 0 bridgehead atoms. The lowest BCUT2D eigenvalue weighted by atomic mass is 9.78. The lowest BCUT2D eigenvalue weighted by Gasteiger charge is -2.50. The molecule has 1 saturated heterocycles. The zero-order valence-corrected chi connectivity index (χ0v) is 26.7. The summed E-state index contributed by atoms with van der Waals surface area (Å²) in [6, 6.07) is 21.7. The summed E-state index contributed by atoms with van der Waals surface area (Å²) in [5.74, 6) is -0.363. The van der Waals surface area contributed by atoms with Crippen molar-refractivity contribution in [3.8, 4) is 5.75 Å². The Morgan fingerprint density at radius 2 is 1.44 bits per heavy atom. The van der Waals surface area contributed by atoms with Crippen molar-refractivity contribution in [2.75, 3.05) is 0 Å². The number of benzene rings is 3. The number of aromatic hydroxyl groups is 1. The summed E-state index contributed by atoms with van der Waals surface area (Å²) in [5, 5.41) is 12.7. The molecule has 0 radical (unpaired) electrons. The highest BCUT2D eigenvalue weighted by Crippen LogP contribution is 2.43. The standard InChI is InChI=1S/C36H40N2O4S/c1-22-21-43-33-28(37-20-23-18-26(35(2,3)4)30(39)27(19-23)36(5,6)7)32(40)38(33)29(22)34(41)42-31(24-14-10-8-11-15-24)25-16-12-9-13-17-25/h8-21,28-29,31,33,39H,1-7H3/b37-20+/t28-,29?,33-/m1/s1. The van der Waals surface area contributed by atoms with Crippen LogP contribution in [-0.2, 0) is 25.2 Å². The highest BCUT2D eigenvalue weighted by molar-refractivity contribution is 8.02. The Morgan fingerprint density at radius 3 is 1.93 bits per heavy atom. The number of nitrogens with zero attached hydrogens (tertiary/aromatic N) is 2. The minimum Gasteiger partial charge on any atom is -0.507 e. The molecule has 1 fully saturated rings. The summed E-state index contributed by atoms with van der Waals surface area (Å²) in [5.41, 5.74) is 4.45. The van der Waals surface area contributed by atoms with Gasteiger partial charge in [-0.2, -0.15) is 0 Å². The second-order valence-electron chi connectivity index (χ2n) is 13.4. The molecular weight excluding hydrogens is 556 g/mol. The Bertz CT molecular complexity index is 1490. The van der Waals surface area contributed by atoms with Gasteiger partial charge in [-0.05, 0) is 57.6 Å². The van der Waals surface area contributed by atoms with Crippen molar-refractivity contribution in [1.29, 1.82) is 0 Å². The van der Waals surface area contributed by atoms with E-state index < -0.39 is 24.2 Å². The van der Waals surface area contributed by atoms with Crippen molar-refractivity contribution in [1.82, 2.24) is 4.90 Å². The Hall–Kier alpha value is -3.84. The Labute approximate surface area is 258 Å². The molecule has 43 heavy (non-hydrogen) atoms. The molecule has 1 N–H and O–H groups in total. The van der Waals surface area contributed by atoms with E-state index in [-0.39, 0.29) is 22.1 Å². The largest absolute Gasteiger partial charge is 0.507 e. The van der Waals surface area contributed by atoms with Gasteiger partial charge in [-0.15, -0.1) is 11.8 Å². The SMILES string of the molecule is CC1=CS[C@@H]2[C@H](/N=C/c3cc(C(C)(C)C)c(O)c(C(C)(C)C)c3)C(=O)N2C1C(=O)OC(c1ccccc1)c1ccccc1. The van der Waals surface area contributed by atoms with Crippen LogP contribution >= 0.6 is 11.8 Å². The molecule has 0 aromatic heterocycles. The van der Waals surface area contributed by atoms with Gasteiger partial charge in [0.2, 0.25) is 0 Å². The van der Waals surface area contributed by atoms with Crippen LogP contribution in [0.15, 0.2) is 88.8 Å². The third-order valence-electron chi connectivity index (χ3n) is 7.95. The Kier molecular flexibility index (Phi) is 8.32. The van der Waals surface area contributed by atoms with Crippen molar-refractivity contribution in [2.24, 2.45) is 4.99 Å². The molecule has 3 atom stereocenters. The molecule has 1 amide bonds. The number of esters is 1. The maximum Gasteiger partial charge on any atom is 0.334 e. The van der Waals surface area contributed by atoms with Crippen LogP contribution in [-0.4, -0.2) is 45.6 Å². The average molecular weight is 597 g/mol. The number of β-lactam (4-membered cyclic amide) rings is 1. The van der Waals surface area contributed by atoms with E-state index in [0.717, 1.165) is 33.4 Å². The highest BCUT2D eigenvalue weighted by atomic mass is 32.2. The third-order valence-corrected chi connectivity index (χ3v) is 9.22. The van der Waals surface area contributed by atoms with Crippen molar-refractivity contribution in [2.45, 2.75) is 82.9 Å². The number of phenols is 1. The first-order chi connectivity index (χ1) is 20.3. The molecular formula is C36H40N2O4S. The van der Waals surface area contributed by atoms with E-state index in [2.05, 4.69) is 41.5 Å². The van der Waals surface area contributed by atoms with E-state index in [4.69, 9.17) is 9.73 Å². The lowest BCUT2D eigenvalue weighted by molar-refractivity contribution is -0.163. The first-order valence-electron chi connectivity index (χ1n) is 14.6. The van der Waals surface area contributed by atoms with Crippen LogP contribution in [0.25, 0.3) is 0 Å². The molecule has 2 aliphatic heterocycles. The Balaban J connectivity index is 1.39. The number of amides is 1. The number of hydrogen-bond donors (Lipinski definition) is 1. The number of phenolic OH excluding ortho intramolecular Hbond substituents is 1. The van der Waals surface area contributed by atoms with Gasteiger partial charge in [-0.3, -0.25) is 9.79 Å². The normalized spacial score (nSPS) is 20.6. The monoisotopic (exact) mass is 596 g/mol. The molecule has 7 heteroatoms. The van der Waals surface area contributed by atoms with Crippen LogP contribution in [0.2, 0.25) is 0 Å². The fourth-order valence-electron chi connectivity index (χ4n) is 5.59. The first kappa shape index (κ1) is 30.6. The van der Waals surface area contributed by atoms with Crippen LogP contribution < -0.4 is 0 Å². The van der Waals surface area contributed by atoms with E-state index >= 15 is 0 Å². The van der Waals surface area contributed by atoms with Crippen molar-refractivity contribution in [3.63, 3.8) is 0 Å². The van der Waals surface area contributed by atoms with Gasteiger partial charge in [-0.1, -0.05) is 102 Å². The summed E-state index contributed by atoms with van der Waals surface area (Å²) < 4.78 is 6.15. The quantitative estimate of drug-likeness (QED) is 0.184. The third kappa shape index (κ3) is 6.14. The Morgan fingerprint density at radius 1 is 0.930 bits per heavy atom. The van der Waals surface area contributed by atoms with E-state index in [1.807, 2.05) is 85.1 Å². The second-order valence-corrected chi connectivity index (χ2v) is 14.4.